The van der Waals surface area contributed by atoms with Crippen molar-refractivity contribution in [3.05, 3.63) is 96.8 Å². The second-order valence-electron chi connectivity index (χ2n) is 8.90. The van der Waals surface area contributed by atoms with Crippen LogP contribution in [0.25, 0.3) is 16.7 Å². The molecule has 1 aliphatic heterocycles. The van der Waals surface area contributed by atoms with Gasteiger partial charge < -0.3 is 25.7 Å². The number of nitrogens with zero attached hydrogens (tertiary/aromatic N) is 3. The fourth-order valence-corrected chi connectivity index (χ4v) is 4.25. The van der Waals surface area contributed by atoms with E-state index in [2.05, 4.69) is 14.9 Å². The summed E-state index contributed by atoms with van der Waals surface area (Å²) in [6.45, 7) is 3.56. The molecular formula is C30H29N5O4. The molecule has 39 heavy (non-hydrogen) atoms. The zero-order valence-corrected chi connectivity index (χ0v) is 21.3. The predicted octanol–water partition coefficient (Wildman–Crippen LogP) is 4.51. The van der Waals surface area contributed by atoms with Crippen LogP contribution in [0.2, 0.25) is 0 Å². The van der Waals surface area contributed by atoms with Gasteiger partial charge >= 0.3 is 0 Å². The van der Waals surface area contributed by atoms with Crippen molar-refractivity contribution in [1.82, 2.24) is 14.9 Å². The zero-order chi connectivity index (χ0) is 27.0. The van der Waals surface area contributed by atoms with Crippen molar-refractivity contribution in [3.8, 4) is 34.3 Å². The molecule has 5 rings (SSSR count). The molecule has 2 heterocycles. The molecule has 9 nitrogen and oxygen atoms in total. The molecule has 1 aromatic heterocycles. The molecule has 0 aliphatic carbocycles. The quantitative estimate of drug-likeness (QED) is 0.307. The number of hydrogen-bond donors (Lipinski definition) is 2. The first-order valence-electron chi connectivity index (χ1n) is 12.6. The zero-order valence-electron chi connectivity index (χ0n) is 21.3. The third kappa shape index (κ3) is 6.59. The number of nitrogens with two attached hydrogens (primary N) is 2. The van der Waals surface area contributed by atoms with Crippen LogP contribution in [0, 0.1) is 0 Å². The van der Waals surface area contributed by atoms with E-state index in [9.17, 15) is 4.79 Å². The van der Waals surface area contributed by atoms with Crippen LogP contribution < -0.4 is 20.9 Å². The smallest absolute Gasteiger partial charge is 0.249 e. The molecule has 198 valence electrons. The molecule has 0 atom stereocenters. The Morgan fingerprint density at radius 1 is 0.897 bits per heavy atom. The summed E-state index contributed by atoms with van der Waals surface area (Å²) in [5.74, 6) is 1.99. The number of primary amides is 1. The number of aromatic nitrogens is 2. The van der Waals surface area contributed by atoms with Crippen molar-refractivity contribution in [3.63, 3.8) is 0 Å². The highest BCUT2D eigenvalue weighted by Gasteiger charge is 2.17. The molecule has 1 aliphatic rings. The van der Waals surface area contributed by atoms with Gasteiger partial charge in [-0.15, -0.1) is 0 Å². The Hall–Kier alpha value is -4.73. The van der Waals surface area contributed by atoms with Crippen molar-refractivity contribution in [1.29, 1.82) is 0 Å². The van der Waals surface area contributed by atoms with E-state index in [4.69, 9.17) is 25.7 Å². The van der Waals surface area contributed by atoms with Gasteiger partial charge in [-0.05, 0) is 53.6 Å². The summed E-state index contributed by atoms with van der Waals surface area (Å²) >= 11 is 0. The van der Waals surface area contributed by atoms with Crippen LogP contribution >= 0.6 is 0 Å². The number of carbonyl (C=O) groups is 1. The van der Waals surface area contributed by atoms with E-state index in [1.54, 1.807) is 12.1 Å². The third-order valence-electron chi connectivity index (χ3n) is 6.24. The Kier molecular flexibility index (Phi) is 8.11. The number of ether oxygens (including phenoxy) is 3. The number of nitrogen functional groups attached to an aromatic ring is 1. The maximum Gasteiger partial charge on any atom is 0.249 e. The summed E-state index contributed by atoms with van der Waals surface area (Å²) in [6.07, 6.45) is 3.20. The summed E-state index contributed by atoms with van der Waals surface area (Å²) in [4.78, 5) is 23.1. The molecule has 0 radical (unpaired) electrons. The van der Waals surface area contributed by atoms with Gasteiger partial charge in [-0.2, -0.15) is 0 Å². The molecule has 0 unspecified atom stereocenters. The fraction of sp³-hybridized carbons (Fsp3) is 0.167. The maximum absolute atomic E-state index is 12.4. The van der Waals surface area contributed by atoms with Gasteiger partial charge in [0.15, 0.2) is 0 Å². The Labute approximate surface area is 226 Å². The van der Waals surface area contributed by atoms with Gasteiger partial charge in [-0.3, -0.25) is 9.69 Å². The van der Waals surface area contributed by atoms with E-state index in [-0.39, 0.29) is 11.7 Å². The minimum absolute atomic E-state index is 0.249. The average Bonchev–Trinajstić information content (AvgIpc) is 2.95. The van der Waals surface area contributed by atoms with E-state index in [0.29, 0.717) is 53.5 Å². The Bertz CT molecular complexity index is 1450. The average molecular weight is 524 g/mol. The van der Waals surface area contributed by atoms with Crippen molar-refractivity contribution < 1.29 is 19.0 Å². The van der Waals surface area contributed by atoms with Crippen molar-refractivity contribution >= 4 is 17.3 Å². The molecule has 0 spiro atoms. The van der Waals surface area contributed by atoms with Gasteiger partial charge in [0, 0.05) is 25.2 Å². The SMILES string of the molecule is NC(=O)C(=CCN1CCOCC1)c1cccc(-c2c(N)ncnc2Oc2ccc(Oc3ccccc3)cc2)c1. The van der Waals surface area contributed by atoms with Crippen molar-refractivity contribution in [2.24, 2.45) is 5.73 Å². The predicted molar refractivity (Wildman–Crippen MR) is 149 cm³/mol. The fourth-order valence-electron chi connectivity index (χ4n) is 4.25. The van der Waals surface area contributed by atoms with E-state index < -0.39 is 5.91 Å². The second-order valence-corrected chi connectivity index (χ2v) is 8.90. The largest absolute Gasteiger partial charge is 0.457 e. The van der Waals surface area contributed by atoms with Crippen LogP contribution in [0.15, 0.2) is 91.3 Å². The number of amides is 1. The summed E-state index contributed by atoms with van der Waals surface area (Å²) in [7, 11) is 0. The molecule has 3 aromatic carbocycles. The second kappa shape index (κ2) is 12.2. The van der Waals surface area contributed by atoms with Gasteiger partial charge in [0.05, 0.1) is 18.8 Å². The molecule has 0 bridgehead atoms. The Balaban J connectivity index is 1.39. The highest BCUT2D eigenvalue weighted by Crippen LogP contribution is 2.36. The number of carbonyl (C=O) groups excluding carboxylic acids is 1. The number of rotatable bonds is 9. The number of hydrogen-bond acceptors (Lipinski definition) is 8. The Morgan fingerprint density at radius 2 is 1.59 bits per heavy atom. The molecule has 1 saturated heterocycles. The summed E-state index contributed by atoms with van der Waals surface area (Å²) < 4.78 is 17.4. The van der Waals surface area contributed by atoms with E-state index in [1.165, 1.54) is 6.33 Å². The highest BCUT2D eigenvalue weighted by atomic mass is 16.5. The van der Waals surface area contributed by atoms with Crippen LogP contribution in [-0.2, 0) is 9.53 Å². The monoisotopic (exact) mass is 523 g/mol. The van der Waals surface area contributed by atoms with Crippen LogP contribution in [0.5, 0.6) is 23.1 Å². The first kappa shape index (κ1) is 25.9. The summed E-state index contributed by atoms with van der Waals surface area (Å²) in [5.41, 5.74) is 14.4. The third-order valence-corrected chi connectivity index (χ3v) is 6.24. The number of morpholine rings is 1. The molecule has 4 N–H and O–H groups in total. The normalized spacial score (nSPS) is 14.1. The number of para-hydroxylation sites is 1. The van der Waals surface area contributed by atoms with E-state index in [1.807, 2.05) is 72.8 Å². The maximum atomic E-state index is 12.4. The van der Waals surface area contributed by atoms with Crippen molar-refractivity contribution in [2.75, 3.05) is 38.6 Å². The number of benzene rings is 3. The number of anilines is 1. The first-order valence-corrected chi connectivity index (χ1v) is 12.6. The van der Waals surface area contributed by atoms with Gasteiger partial charge in [-0.25, -0.2) is 9.97 Å². The van der Waals surface area contributed by atoms with Crippen molar-refractivity contribution in [2.45, 2.75) is 0 Å². The van der Waals surface area contributed by atoms with Crippen LogP contribution in [-0.4, -0.2) is 53.6 Å². The topological polar surface area (TPSA) is 126 Å². The summed E-state index contributed by atoms with van der Waals surface area (Å²) in [5, 5.41) is 0. The molecular weight excluding hydrogens is 494 g/mol. The molecule has 1 amide bonds. The molecule has 4 aromatic rings. The lowest BCUT2D eigenvalue weighted by atomic mass is 9.99. The van der Waals surface area contributed by atoms with Gasteiger partial charge in [0.1, 0.15) is 29.4 Å². The van der Waals surface area contributed by atoms with Crippen LogP contribution in [0.4, 0.5) is 5.82 Å². The van der Waals surface area contributed by atoms with Gasteiger partial charge in [0.25, 0.3) is 0 Å². The van der Waals surface area contributed by atoms with Gasteiger partial charge in [-0.1, -0.05) is 42.5 Å². The lowest BCUT2D eigenvalue weighted by molar-refractivity contribution is -0.112. The van der Waals surface area contributed by atoms with Crippen LogP contribution in [0.3, 0.4) is 0 Å². The molecule has 1 fully saturated rings. The van der Waals surface area contributed by atoms with Crippen LogP contribution in [0.1, 0.15) is 5.56 Å². The minimum atomic E-state index is -0.507. The summed E-state index contributed by atoms with van der Waals surface area (Å²) in [6, 6.07) is 24.1. The highest BCUT2D eigenvalue weighted by molar-refractivity contribution is 6.19. The Morgan fingerprint density at radius 3 is 2.31 bits per heavy atom. The van der Waals surface area contributed by atoms with E-state index >= 15 is 0 Å². The standard InChI is InChI=1S/C30H29N5O4/c31-28-27(22-6-4-5-21(19-22)26(29(32)36)13-14-35-15-17-37-18-16-35)30(34-20-33-28)39-25-11-9-24(10-12-25)38-23-7-2-1-3-8-23/h1-13,19-20H,14-18H2,(H2,32,36)(H2,31,33,34). The lowest BCUT2D eigenvalue weighted by Crippen LogP contribution is -2.36. The molecule has 9 heteroatoms. The molecule has 0 saturated carbocycles. The first-order chi connectivity index (χ1) is 19.1. The minimum Gasteiger partial charge on any atom is -0.457 e. The van der Waals surface area contributed by atoms with E-state index in [0.717, 1.165) is 18.8 Å². The lowest BCUT2D eigenvalue weighted by Gasteiger charge is -2.25. The van der Waals surface area contributed by atoms with Gasteiger partial charge in [0.2, 0.25) is 11.8 Å².